The highest BCUT2D eigenvalue weighted by Gasteiger charge is 2.44. The van der Waals surface area contributed by atoms with Crippen molar-refractivity contribution in [2.24, 2.45) is 23.7 Å². The van der Waals surface area contributed by atoms with E-state index in [2.05, 4.69) is 52.0 Å². The first-order valence-electron chi connectivity index (χ1n) is 18.4. The van der Waals surface area contributed by atoms with Gasteiger partial charge in [0, 0.05) is 0 Å². The van der Waals surface area contributed by atoms with E-state index in [1.54, 1.807) is 0 Å². The van der Waals surface area contributed by atoms with Crippen LogP contribution in [0.5, 0.6) is 0 Å². The molecule has 5 rings (SSSR count). The molecule has 0 unspecified atom stereocenters. The number of hydrogen-bond acceptors (Lipinski definition) is 0. The van der Waals surface area contributed by atoms with Crippen LogP contribution in [0.15, 0.2) is 24.3 Å². The molecule has 0 aromatic heterocycles. The highest BCUT2D eigenvalue weighted by Crippen LogP contribution is 2.62. The minimum atomic E-state index is -0.126. The van der Waals surface area contributed by atoms with E-state index in [0.717, 1.165) is 46.3 Å². The predicted octanol–water partition coefficient (Wildman–Crippen LogP) is 11.8. The highest BCUT2D eigenvalue weighted by atomic mass is 31.1. The molecule has 0 saturated heterocycles. The van der Waals surface area contributed by atoms with E-state index in [1.807, 2.05) is 10.6 Å². The van der Waals surface area contributed by atoms with Gasteiger partial charge in [0.1, 0.15) is 0 Å². The van der Waals surface area contributed by atoms with Crippen molar-refractivity contribution in [1.82, 2.24) is 0 Å². The molecule has 0 heterocycles. The topological polar surface area (TPSA) is 0 Å². The van der Waals surface area contributed by atoms with Gasteiger partial charge in [0.2, 0.25) is 0 Å². The summed E-state index contributed by atoms with van der Waals surface area (Å²) in [6.45, 7) is 10.4. The molecule has 4 aliphatic rings. The van der Waals surface area contributed by atoms with E-state index < -0.39 is 0 Å². The van der Waals surface area contributed by atoms with Crippen molar-refractivity contribution >= 4 is 26.5 Å². The van der Waals surface area contributed by atoms with Crippen LogP contribution in [0.1, 0.15) is 156 Å². The summed E-state index contributed by atoms with van der Waals surface area (Å²) >= 11 is 0. The summed E-state index contributed by atoms with van der Waals surface area (Å²) in [4.78, 5) is 0. The maximum Gasteiger partial charge on any atom is -0.0140 e. The van der Waals surface area contributed by atoms with E-state index in [-0.39, 0.29) is 15.8 Å². The SMILES string of the molecule is CC[C@@H](C1CCCC1)P(c1ccccc1P([C@@H](CC)C1CCCC1)[C@@H](CC)C1CCCC1)[C@@H](CC)C1CCCC1. The molecule has 0 aliphatic heterocycles. The van der Waals surface area contributed by atoms with Crippen molar-refractivity contribution in [2.75, 3.05) is 0 Å². The maximum atomic E-state index is 2.74. The Hall–Kier alpha value is 0.0800. The first-order valence-corrected chi connectivity index (χ1v) is 21.3. The Labute approximate surface area is 252 Å². The summed E-state index contributed by atoms with van der Waals surface area (Å²) < 4.78 is 0. The van der Waals surface area contributed by atoms with Gasteiger partial charge in [-0.2, -0.15) is 0 Å². The van der Waals surface area contributed by atoms with E-state index in [4.69, 9.17) is 0 Å². The monoisotopic (exact) mass is 582 g/mol. The lowest BCUT2D eigenvalue weighted by Crippen LogP contribution is -2.39. The predicted molar refractivity (Wildman–Crippen MR) is 184 cm³/mol. The van der Waals surface area contributed by atoms with Gasteiger partial charge < -0.3 is 0 Å². The third kappa shape index (κ3) is 6.90. The van der Waals surface area contributed by atoms with Crippen LogP contribution in [0.2, 0.25) is 0 Å². The minimum absolute atomic E-state index is 0.126. The third-order valence-electron chi connectivity index (χ3n) is 12.3. The lowest BCUT2D eigenvalue weighted by atomic mass is 10.0. The van der Waals surface area contributed by atoms with Crippen molar-refractivity contribution in [3.63, 3.8) is 0 Å². The van der Waals surface area contributed by atoms with Crippen LogP contribution >= 0.6 is 15.8 Å². The molecule has 1 aromatic rings. The second kappa shape index (κ2) is 15.7. The molecule has 226 valence electrons. The van der Waals surface area contributed by atoms with Gasteiger partial charge in [-0.1, -0.05) is 119 Å². The van der Waals surface area contributed by atoms with Gasteiger partial charge in [0.15, 0.2) is 0 Å². The van der Waals surface area contributed by atoms with Crippen LogP contribution < -0.4 is 10.6 Å². The van der Waals surface area contributed by atoms with Crippen molar-refractivity contribution < 1.29 is 0 Å². The standard InChI is InChI=1S/C38H64P2/c1-5-33(29-19-9-10-20-29)39(34(6-2)30-21-11-12-22-30)37-27-17-18-28-38(37)40(35(7-3)31-23-13-14-24-31)36(8-4)32-25-15-16-26-32/h17-18,27-36H,5-16,19-26H2,1-4H3/t33-,34-,35-,36-/m0/s1. The Balaban J connectivity index is 1.63. The fourth-order valence-corrected chi connectivity index (χ4v) is 19.4. The largest absolute Gasteiger partial charge is 0.0677 e. The second-order valence-electron chi connectivity index (χ2n) is 14.4. The highest BCUT2D eigenvalue weighted by molar-refractivity contribution is 7.73. The molecule has 4 aliphatic carbocycles. The maximum absolute atomic E-state index is 2.74. The van der Waals surface area contributed by atoms with Crippen molar-refractivity contribution in [1.29, 1.82) is 0 Å². The zero-order chi connectivity index (χ0) is 27.9. The molecule has 4 saturated carbocycles. The Morgan fingerprint density at radius 2 is 0.675 bits per heavy atom. The molecule has 0 amide bonds. The first kappa shape index (κ1) is 31.5. The molecule has 0 bridgehead atoms. The lowest BCUT2D eigenvalue weighted by Gasteiger charge is -2.45. The summed E-state index contributed by atoms with van der Waals surface area (Å²) in [6.07, 6.45) is 29.9. The first-order chi connectivity index (χ1) is 19.7. The van der Waals surface area contributed by atoms with Crippen LogP contribution in [0.4, 0.5) is 0 Å². The van der Waals surface area contributed by atoms with Gasteiger partial charge in [-0.3, -0.25) is 0 Å². The zero-order valence-corrected chi connectivity index (χ0v) is 28.8. The molecule has 4 fully saturated rings. The van der Waals surface area contributed by atoms with Crippen LogP contribution in [0.3, 0.4) is 0 Å². The molecular weight excluding hydrogens is 518 g/mol. The molecule has 0 radical (unpaired) electrons. The molecule has 4 atom stereocenters. The Bertz CT molecular complexity index is 737. The van der Waals surface area contributed by atoms with Crippen molar-refractivity contribution in [3.05, 3.63) is 24.3 Å². The van der Waals surface area contributed by atoms with E-state index >= 15 is 0 Å². The summed E-state index contributed by atoms with van der Waals surface area (Å²) in [7, 11) is -0.252. The molecular formula is C38H64P2. The minimum Gasteiger partial charge on any atom is -0.0677 e. The Kier molecular flexibility index (Phi) is 12.4. The van der Waals surface area contributed by atoms with Gasteiger partial charge in [0.05, 0.1) is 0 Å². The van der Waals surface area contributed by atoms with Crippen LogP contribution in [-0.2, 0) is 0 Å². The van der Waals surface area contributed by atoms with Gasteiger partial charge in [-0.15, -0.1) is 0 Å². The average molecular weight is 583 g/mol. The molecule has 0 spiro atoms. The van der Waals surface area contributed by atoms with E-state index in [9.17, 15) is 0 Å². The quantitative estimate of drug-likeness (QED) is 0.191. The molecule has 1 aromatic carbocycles. The van der Waals surface area contributed by atoms with Gasteiger partial charge in [0.25, 0.3) is 0 Å². The van der Waals surface area contributed by atoms with Crippen LogP contribution in [0.25, 0.3) is 0 Å². The molecule has 0 nitrogen and oxygen atoms in total. The van der Waals surface area contributed by atoms with E-state index in [1.165, 1.54) is 128 Å². The fraction of sp³-hybridized carbons (Fsp3) is 0.842. The molecule has 40 heavy (non-hydrogen) atoms. The van der Waals surface area contributed by atoms with Crippen LogP contribution in [0, 0.1) is 23.7 Å². The Morgan fingerprint density at radius 3 is 0.875 bits per heavy atom. The molecule has 0 N–H and O–H groups in total. The fourth-order valence-electron chi connectivity index (χ4n) is 10.5. The van der Waals surface area contributed by atoms with Crippen molar-refractivity contribution in [3.8, 4) is 0 Å². The third-order valence-corrected chi connectivity index (χ3v) is 20.4. The second-order valence-corrected chi connectivity index (χ2v) is 19.6. The number of hydrogen-bond donors (Lipinski definition) is 0. The Morgan fingerprint density at radius 1 is 0.450 bits per heavy atom. The normalized spacial score (nSPS) is 24.9. The number of rotatable bonds is 14. The summed E-state index contributed by atoms with van der Waals surface area (Å²) in [5, 5.41) is 3.91. The van der Waals surface area contributed by atoms with E-state index in [0.29, 0.717) is 0 Å². The van der Waals surface area contributed by atoms with Gasteiger partial charge in [-0.25, -0.2) is 0 Å². The van der Waals surface area contributed by atoms with Crippen molar-refractivity contribution in [2.45, 2.75) is 179 Å². The summed E-state index contributed by atoms with van der Waals surface area (Å²) in [5.74, 6) is 4.00. The summed E-state index contributed by atoms with van der Waals surface area (Å²) in [5.41, 5.74) is 3.83. The lowest BCUT2D eigenvalue weighted by molar-refractivity contribution is 0.474. The van der Waals surface area contributed by atoms with Gasteiger partial charge in [-0.05, 0) is 134 Å². The molecule has 2 heteroatoms. The number of benzene rings is 1. The average Bonchev–Trinajstić information content (AvgIpc) is 3.82. The smallest absolute Gasteiger partial charge is 0.0140 e. The zero-order valence-electron chi connectivity index (χ0n) is 27.0. The van der Waals surface area contributed by atoms with Crippen LogP contribution in [-0.4, -0.2) is 22.6 Å². The summed E-state index contributed by atoms with van der Waals surface area (Å²) in [6, 6.07) is 10.5. The van der Waals surface area contributed by atoms with Gasteiger partial charge >= 0.3 is 0 Å².